The monoisotopic (exact) mass is 380 g/mol. The molecule has 0 aliphatic carbocycles. The number of hydrogen-bond donors (Lipinski definition) is 3. The third-order valence-corrected chi connectivity index (χ3v) is 5.02. The fourth-order valence-electron chi connectivity index (χ4n) is 3.14. The predicted octanol–water partition coefficient (Wildman–Crippen LogP) is 5.62. The second-order valence-corrected chi connectivity index (χ2v) is 8.25. The topological polar surface area (TPSA) is 87.0 Å². The van der Waals surface area contributed by atoms with E-state index in [1.54, 1.807) is 0 Å². The van der Waals surface area contributed by atoms with Gasteiger partial charge in [-0.2, -0.15) is 0 Å². The van der Waals surface area contributed by atoms with Gasteiger partial charge in [0.1, 0.15) is 0 Å². The van der Waals surface area contributed by atoms with Crippen LogP contribution in [0.15, 0.2) is 12.1 Å². The van der Waals surface area contributed by atoms with Crippen LogP contribution < -0.4 is 0 Å². The maximum absolute atomic E-state index is 12.0. The number of phenols is 3. The Kier molecular flexibility index (Phi) is 10.0. The normalized spacial score (nSPS) is 13.5. The first-order valence-electron chi connectivity index (χ1n) is 10.1. The Morgan fingerprint density at radius 1 is 0.852 bits per heavy atom. The number of phenolic OH excluding ortho intramolecular Hbond substituents is 3. The van der Waals surface area contributed by atoms with E-state index in [0.717, 1.165) is 36.8 Å². The van der Waals surface area contributed by atoms with Gasteiger partial charge in [0.15, 0.2) is 17.2 Å². The average Bonchev–Trinajstić information content (AvgIpc) is 2.58. The second kappa shape index (κ2) is 11.7. The van der Waals surface area contributed by atoms with E-state index in [1.165, 1.54) is 32.1 Å². The van der Waals surface area contributed by atoms with Crippen LogP contribution in [0.5, 0.6) is 17.2 Å². The summed E-state index contributed by atoms with van der Waals surface area (Å²) in [6.07, 6.45) is 8.26. The van der Waals surface area contributed by atoms with E-state index in [9.17, 15) is 20.1 Å². The third kappa shape index (κ3) is 9.03. The summed E-state index contributed by atoms with van der Waals surface area (Å²) in [7, 11) is 0. The molecule has 3 N–H and O–H groups in total. The van der Waals surface area contributed by atoms with Gasteiger partial charge in [-0.15, -0.1) is 0 Å². The van der Waals surface area contributed by atoms with Gasteiger partial charge in [-0.3, -0.25) is 0 Å². The van der Waals surface area contributed by atoms with E-state index in [2.05, 4.69) is 27.7 Å². The molecule has 2 atom stereocenters. The van der Waals surface area contributed by atoms with E-state index < -0.39 is 23.2 Å². The van der Waals surface area contributed by atoms with Crippen molar-refractivity contribution in [3.8, 4) is 17.2 Å². The minimum Gasteiger partial charge on any atom is -0.504 e. The highest BCUT2D eigenvalue weighted by molar-refractivity contribution is 5.91. The number of benzene rings is 1. The summed E-state index contributed by atoms with van der Waals surface area (Å²) in [5.41, 5.74) is 0.0191. The molecule has 1 aromatic rings. The number of aromatic hydroxyl groups is 3. The first-order chi connectivity index (χ1) is 12.7. The number of carbonyl (C=O) groups is 1. The van der Waals surface area contributed by atoms with Gasteiger partial charge >= 0.3 is 5.97 Å². The molecule has 0 aromatic heterocycles. The molecule has 0 saturated heterocycles. The lowest BCUT2D eigenvalue weighted by atomic mass is 9.93. The highest BCUT2D eigenvalue weighted by atomic mass is 16.5. The van der Waals surface area contributed by atoms with E-state index >= 15 is 0 Å². The van der Waals surface area contributed by atoms with Gasteiger partial charge < -0.3 is 20.1 Å². The lowest BCUT2D eigenvalue weighted by Gasteiger charge is -2.15. The van der Waals surface area contributed by atoms with Crippen LogP contribution >= 0.6 is 0 Å². The maximum Gasteiger partial charge on any atom is 0.338 e. The van der Waals surface area contributed by atoms with Crippen LogP contribution in [0, 0.1) is 17.8 Å². The van der Waals surface area contributed by atoms with Crippen molar-refractivity contribution in [3.05, 3.63) is 17.7 Å². The van der Waals surface area contributed by atoms with Crippen molar-refractivity contribution < 1.29 is 24.9 Å². The molecule has 0 aliphatic heterocycles. The van der Waals surface area contributed by atoms with Crippen molar-refractivity contribution in [2.45, 2.75) is 72.6 Å². The average molecular weight is 381 g/mol. The first-order valence-corrected chi connectivity index (χ1v) is 10.1. The summed E-state index contributed by atoms with van der Waals surface area (Å²) >= 11 is 0. The summed E-state index contributed by atoms with van der Waals surface area (Å²) in [4.78, 5) is 12.0. The van der Waals surface area contributed by atoms with E-state index in [-0.39, 0.29) is 5.56 Å². The SMILES string of the molecule is CC(C)CCCC(C)CCCC(C)CCOC(=O)c1cc(O)c(O)c(O)c1. The second-order valence-electron chi connectivity index (χ2n) is 8.25. The van der Waals surface area contributed by atoms with Crippen LogP contribution in [0.25, 0.3) is 0 Å². The molecule has 0 bridgehead atoms. The highest BCUT2D eigenvalue weighted by Gasteiger charge is 2.15. The minimum absolute atomic E-state index is 0.0191. The molecular weight excluding hydrogens is 344 g/mol. The Morgan fingerprint density at radius 2 is 1.33 bits per heavy atom. The number of esters is 1. The van der Waals surface area contributed by atoms with Crippen LogP contribution in [0.1, 0.15) is 83.0 Å². The molecule has 1 rings (SSSR count). The van der Waals surface area contributed by atoms with Crippen molar-refractivity contribution >= 4 is 5.97 Å². The molecule has 0 fully saturated rings. The van der Waals surface area contributed by atoms with Crippen LogP contribution in [0.3, 0.4) is 0 Å². The quantitative estimate of drug-likeness (QED) is 0.324. The Labute approximate surface area is 163 Å². The maximum atomic E-state index is 12.0. The first kappa shape index (κ1) is 23.1. The smallest absolute Gasteiger partial charge is 0.338 e. The van der Waals surface area contributed by atoms with Gasteiger partial charge in [-0.25, -0.2) is 4.79 Å². The van der Waals surface area contributed by atoms with Crippen molar-refractivity contribution in [2.75, 3.05) is 6.61 Å². The standard InChI is InChI=1S/C22H36O5/c1-15(2)7-5-8-16(3)9-6-10-17(4)11-12-27-22(26)18-13-19(23)21(25)20(24)14-18/h13-17,23-25H,5-12H2,1-4H3. The van der Waals surface area contributed by atoms with Gasteiger partial charge in [0.05, 0.1) is 12.2 Å². The largest absolute Gasteiger partial charge is 0.504 e. The Hall–Kier alpha value is -1.91. The fraction of sp³-hybridized carbons (Fsp3) is 0.682. The van der Waals surface area contributed by atoms with E-state index in [4.69, 9.17) is 4.74 Å². The minimum atomic E-state index is -0.640. The van der Waals surface area contributed by atoms with Crippen LogP contribution in [-0.4, -0.2) is 27.9 Å². The third-order valence-electron chi connectivity index (χ3n) is 5.02. The van der Waals surface area contributed by atoms with Crippen LogP contribution in [0.2, 0.25) is 0 Å². The summed E-state index contributed by atoms with van der Waals surface area (Å²) in [6.45, 7) is 9.33. The molecule has 1 aromatic carbocycles. The molecular formula is C22H36O5. The Bertz CT molecular complexity index is 559. The van der Waals surface area contributed by atoms with Crippen LogP contribution in [-0.2, 0) is 4.74 Å². The number of rotatable bonds is 12. The van der Waals surface area contributed by atoms with Crippen molar-refractivity contribution in [3.63, 3.8) is 0 Å². The van der Waals surface area contributed by atoms with Crippen molar-refractivity contribution in [1.29, 1.82) is 0 Å². The zero-order chi connectivity index (χ0) is 20.4. The van der Waals surface area contributed by atoms with E-state index in [0.29, 0.717) is 12.5 Å². The molecule has 0 heterocycles. The summed E-state index contributed by atoms with van der Waals surface area (Å²) in [6, 6.07) is 2.17. The number of hydrogen-bond acceptors (Lipinski definition) is 5. The van der Waals surface area contributed by atoms with Gasteiger partial charge in [0.25, 0.3) is 0 Å². The molecule has 5 nitrogen and oxygen atoms in total. The van der Waals surface area contributed by atoms with Gasteiger partial charge in [0.2, 0.25) is 0 Å². The summed E-state index contributed by atoms with van der Waals surface area (Å²) in [5.74, 6) is -0.318. The van der Waals surface area contributed by atoms with Gasteiger partial charge in [0, 0.05) is 0 Å². The lowest BCUT2D eigenvalue weighted by Crippen LogP contribution is -2.09. The summed E-state index contributed by atoms with van der Waals surface area (Å²) < 4.78 is 5.21. The molecule has 27 heavy (non-hydrogen) atoms. The molecule has 0 radical (unpaired) electrons. The molecule has 0 aliphatic rings. The summed E-state index contributed by atoms with van der Waals surface area (Å²) in [5, 5.41) is 28.2. The molecule has 154 valence electrons. The number of ether oxygens (including phenoxy) is 1. The van der Waals surface area contributed by atoms with Crippen LogP contribution in [0.4, 0.5) is 0 Å². The fourth-order valence-corrected chi connectivity index (χ4v) is 3.14. The molecule has 2 unspecified atom stereocenters. The van der Waals surface area contributed by atoms with E-state index in [1.807, 2.05) is 0 Å². The molecule has 0 saturated carbocycles. The van der Waals surface area contributed by atoms with Crippen molar-refractivity contribution in [2.24, 2.45) is 17.8 Å². The molecule has 0 spiro atoms. The van der Waals surface area contributed by atoms with Gasteiger partial charge in [-0.1, -0.05) is 66.2 Å². The number of carbonyl (C=O) groups excluding carboxylic acids is 1. The van der Waals surface area contributed by atoms with Crippen molar-refractivity contribution in [1.82, 2.24) is 0 Å². The zero-order valence-electron chi connectivity index (χ0n) is 17.2. The molecule has 5 heteroatoms. The Balaban J connectivity index is 2.21. The van der Waals surface area contributed by atoms with Gasteiger partial charge in [-0.05, 0) is 36.3 Å². The lowest BCUT2D eigenvalue weighted by molar-refractivity contribution is 0.0482. The zero-order valence-corrected chi connectivity index (χ0v) is 17.2. The molecule has 0 amide bonds. The Morgan fingerprint density at radius 3 is 1.85 bits per heavy atom. The highest BCUT2D eigenvalue weighted by Crippen LogP contribution is 2.35. The predicted molar refractivity (Wildman–Crippen MR) is 107 cm³/mol.